The molecule has 2 rings (SSSR count). The van der Waals surface area contributed by atoms with E-state index >= 15 is 0 Å². The summed E-state index contributed by atoms with van der Waals surface area (Å²) in [5, 5.41) is 3.70. The van der Waals surface area contributed by atoms with E-state index in [0.29, 0.717) is 20.8 Å². The summed E-state index contributed by atoms with van der Waals surface area (Å²) >= 11 is 17.6. The number of amides is 1. The number of nitrogens with zero attached hydrogens (tertiary/aromatic N) is 1. The average molecular weight is 422 g/mol. The SMILES string of the molecule is CCN(CC(=O)Nc1cc(Cl)ccc1Cl)S(=O)(=O)c1ccc(Cl)cc1. The Morgan fingerprint density at radius 1 is 1.04 bits per heavy atom. The molecule has 0 saturated carbocycles. The van der Waals surface area contributed by atoms with Gasteiger partial charge in [-0.3, -0.25) is 4.79 Å². The van der Waals surface area contributed by atoms with E-state index in [0.717, 1.165) is 4.31 Å². The molecule has 2 aromatic rings. The molecule has 9 heteroatoms. The molecule has 134 valence electrons. The molecule has 1 N–H and O–H groups in total. The molecule has 0 fully saturated rings. The number of anilines is 1. The van der Waals surface area contributed by atoms with Crippen molar-refractivity contribution in [2.24, 2.45) is 0 Å². The number of halogens is 3. The lowest BCUT2D eigenvalue weighted by molar-refractivity contribution is -0.116. The van der Waals surface area contributed by atoms with E-state index in [-0.39, 0.29) is 18.0 Å². The van der Waals surface area contributed by atoms with E-state index in [2.05, 4.69) is 5.32 Å². The maximum absolute atomic E-state index is 12.6. The molecule has 2 aromatic carbocycles. The third-order valence-electron chi connectivity index (χ3n) is 3.33. The topological polar surface area (TPSA) is 66.5 Å². The quantitative estimate of drug-likeness (QED) is 0.756. The molecule has 0 bridgehead atoms. The van der Waals surface area contributed by atoms with Crippen LogP contribution in [0.3, 0.4) is 0 Å². The monoisotopic (exact) mass is 420 g/mol. The molecule has 0 spiro atoms. The minimum atomic E-state index is -3.82. The third kappa shape index (κ3) is 5.09. The smallest absolute Gasteiger partial charge is 0.243 e. The van der Waals surface area contributed by atoms with Gasteiger partial charge in [0.2, 0.25) is 15.9 Å². The van der Waals surface area contributed by atoms with Crippen LogP contribution in [0.15, 0.2) is 47.4 Å². The van der Waals surface area contributed by atoms with E-state index in [1.165, 1.54) is 30.3 Å². The number of nitrogens with one attached hydrogen (secondary N) is 1. The van der Waals surface area contributed by atoms with Crippen molar-refractivity contribution in [1.82, 2.24) is 4.31 Å². The van der Waals surface area contributed by atoms with Gasteiger partial charge in [-0.05, 0) is 42.5 Å². The maximum atomic E-state index is 12.6. The summed E-state index contributed by atoms with van der Waals surface area (Å²) in [6.45, 7) is 1.42. The van der Waals surface area contributed by atoms with Gasteiger partial charge in [-0.2, -0.15) is 4.31 Å². The minimum Gasteiger partial charge on any atom is -0.324 e. The van der Waals surface area contributed by atoms with Gasteiger partial charge in [-0.25, -0.2) is 8.42 Å². The zero-order chi connectivity index (χ0) is 18.6. The highest BCUT2D eigenvalue weighted by molar-refractivity contribution is 7.89. The summed E-state index contributed by atoms with van der Waals surface area (Å²) < 4.78 is 26.3. The zero-order valence-corrected chi connectivity index (χ0v) is 16.3. The van der Waals surface area contributed by atoms with Gasteiger partial charge in [0.25, 0.3) is 0 Å². The van der Waals surface area contributed by atoms with Crippen molar-refractivity contribution in [3.05, 3.63) is 57.5 Å². The Balaban J connectivity index is 2.16. The van der Waals surface area contributed by atoms with Gasteiger partial charge in [-0.15, -0.1) is 0 Å². The molecule has 0 atom stereocenters. The number of hydrogen-bond donors (Lipinski definition) is 1. The molecule has 0 aliphatic carbocycles. The molecule has 0 aliphatic heterocycles. The predicted octanol–water partition coefficient (Wildman–Crippen LogP) is 4.30. The normalized spacial score (nSPS) is 11.6. The molecule has 0 radical (unpaired) electrons. The molecule has 0 aromatic heterocycles. The first-order chi connectivity index (χ1) is 11.7. The Kier molecular flexibility index (Phi) is 6.71. The van der Waals surface area contributed by atoms with Crippen molar-refractivity contribution >= 4 is 56.4 Å². The fourth-order valence-electron chi connectivity index (χ4n) is 2.07. The largest absolute Gasteiger partial charge is 0.324 e. The maximum Gasteiger partial charge on any atom is 0.243 e. The molecule has 25 heavy (non-hydrogen) atoms. The molecule has 0 heterocycles. The Labute approximate surface area is 161 Å². The van der Waals surface area contributed by atoms with Crippen LogP contribution < -0.4 is 5.32 Å². The number of hydrogen-bond acceptors (Lipinski definition) is 3. The summed E-state index contributed by atoms with van der Waals surface area (Å²) in [7, 11) is -3.82. The van der Waals surface area contributed by atoms with E-state index in [9.17, 15) is 13.2 Å². The summed E-state index contributed by atoms with van der Waals surface area (Å²) in [4.78, 5) is 12.3. The van der Waals surface area contributed by atoms with Crippen molar-refractivity contribution in [1.29, 1.82) is 0 Å². The second kappa shape index (κ2) is 8.38. The van der Waals surface area contributed by atoms with E-state index in [1.54, 1.807) is 19.1 Å². The van der Waals surface area contributed by atoms with E-state index < -0.39 is 15.9 Å². The molecule has 1 amide bonds. The van der Waals surface area contributed by atoms with Gasteiger partial charge in [-0.1, -0.05) is 41.7 Å². The van der Waals surface area contributed by atoms with Gasteiger partial charge in [0.15, 0.2) is 0 Å². The molecular formula is C16H15Cl3N2O3S. The summed E-state index contributed by atoms with van der Waals surface area (Å²) in [6.07, 6.45) is 0. The fourth-order valence-corrected chi connectivity index (χ4v) is 3.93. The van der Waals surface area contributed by atoms with Crippen LogP contribution in [0.4, 0.5) is 5.69 Å². The van der Waals surface area contributed by atoms with E-state index in [4.69, 9.17) is 34.8 Å². The summed E-state index contributed by atoms with van der Waals surface area (Å²) in [5.41, 5.74) is 0.319. The highest BCUT2D eigenvalue weighted by Crippen LogP contribution is 2.25. The van der Waals surface area contributed by atoms with Crippen LogP contribution >= 0.6 is 34.8 Å². The summed E-state index contributed by atoms with van der Waals surface area (Å²) in [6, 6.07) is 10.4. The molecule has 5 nitrogen and oxygen atoms in total. The van der Waals surface area contributed by atoms with Gasteiger partial charge >= 0.3 is 0 Å². The van der Waals surface area contributed by atoms with Crippen LogP contribution in [0.2, 0.25) is 15.1 Å². The van der Waals surface area contributed by atoms with Gasteiger partial charge in [0.05, 0.1) is 22.2 Å². The van der Waals surface area contributed by atoms with Gasteiger partial charge in [0, 0.05) is 16.6 Å². The second-order valence-electron chi connectivity index (χ2n) is 5.06. The van der Waals surface area contributed by atoms with Crippen LogP contribution in [-0.4, -0.2) is 31.7 Å². The highest BCUT2D eigenvalue weighted by Gasteiger charge is 2.25. The lowest BCUT2D eigenvalue weighted by atomic mass is 10.3. The van der Waals surface area contributed by atoms with Crippen molar-refractivity contribution in [2.45, 2.75) is 11.8 Å². The number of carbonyl (C=O) groups is 1. The Morgan fingerprint density at radius 2 is 1.64 bits per heavy atom. The minimum absolute atomic E-state index is 0.0623. The van der Waals surface area contributed by atoms with Crippen LogP contribution in [0.1, 0.15) is 6.92 Å². The highest BCUT2D eigenvalue weighted by atomic mass is 35.5. The number of likely N-dealkylation sites (N-methyl/N-ethyl adjacent to an activating group) is 1. The standard InChI is InChI=1S/C16H15Cl3N2O3S/c1-2-21(25(23,24)13-6-3-11(17)4-7-13)10-16(22)20-15-9-12(18)5-8-14(15)19/h3-9H,2,10H2,1H3,(H,20,22). The number of rotatable bonds is 6. The van der Waals surface area contributed by atoms with E-state index in [1.807, 2.05) is 0 Å². The molecule has 0 aliphatic rings. The summed E-state index contributed by atoms with van der Waals surface area (Å²) in [5.74, 6) is -0.524. The third-order valence-corrected chi connectivity index (χ3v) is 6.08. The Bertz CT molecular complexity index is 871. The first-order valence-corrected chi connectivity index (χ1v) is 9.82. The van der Waals surface area contributed by atoms with Crippen molar-refractivity contribution in [3.63, 3.8) is 0 Å². The molecule has 0 unspecified atom stereocenters. The molecular weight excluding hydrogens is 407 g/mol. The first-order valence-electron chi connectivity index (χ1n) is 7.24. The fraction of sp³-hybridized carbons (Fsp3) is 0.188. The van der Waals surface area contributed by atoms with Crippen LogP contribution in [0, 0.1) is 0 Å². The number of carbonyl (C=O) groups excluding carboxylic acids is 1. The van der Waals surface area contributed by atoms with Gasteiger partial charge < -0.3 is 5.32 Å². The first kappa shape index (κ1) is 20.0. The zero-order valence-electron chi connectivity index (χ0n) is 13.2. The van der Waals surface area contributed by atoms with Crippen LogP contribution in [-0.2, 0) is 14.8 Å². The van der Waals surface area contributed by atoms with Crippen LogP contribution in [0.25, 0.3) is 0 Å². The van der Waals surface area contributed by atoms with Crippen molar-refractivity contribution in [3.8, 4) is 0 Å². The second-order valence-corrected chi connectivity index (χ2v) is 8.28. The Hall–Kier alpha value is -1.31. The number of benzene rings is 2. The lowest BCUT2D eigenvalue weighted by Gasteiger charge is -2.20. The van der Waals surface area contributed by atoms with Crippen molar-refractivity contribution in [2.75, 3.05) is 18.4 Å². The predicted molar refractivity (Wildman–Crippen MR) is 101 cm³/mol. The van der Waals surface area contributed by atoms with Gasteiger partial charge in [0.1, 0.15) is 0 Å². The average Bonchev–Trinajstić information content (AvgIpc) is 2.56. The Morgan fingerprint density at radius 3 is 2.24 bits per heavy atom. The molecule has 0 saturated heterocycles. The van der Waals surface area contributed by atoms with Crippen molar-refractivity contribution < 1.29 is 13.2 Å². The lowest BCUT2D eigenvalue weighted by Crippen LogP contribution is -2.37. The van der Waals surface area contributed by atoms with Crippen LogP contribution in [0.5, 0.6) is 0 Å². The number of sulfonamides is 1.